The lowest BCUT2D eigenvalue weighted by Crippen LogP contribution is -2.30. The van der Waals surface area contributed by atoms with Gasteiger partial charge in [0.05, 0.1) is 23.7 Å². The fourth-order valence-electron chi connectivity index (χ4n) is 2.53. The third kappa shape index (κ3) is 5.37. The lowest BCUT2D eigenvalue weighted by Gasteiger charge is -2.22. The first-order valence-corrected chi connectivity index (χ1v) is 12.6. The molecule has 0 aliphatic rings. The summed E-state index contributed by atoms with van der Waals surface area (Å²) in [5, 5.41) is 13.4. The third-order valence-electron chi connectivity index (χ3n) is 4.25. The normalized spacial score (nSPS) is 12.5. The largest absolute Gasteiger partial charge is 0.308 e. The van der Waals surface area contributed by atoms with Crippen molar-refractivity contribution >= 4 is 49.8 Å². The monoisotopic (exact) mass is 466 g/mol. The number of rotatable bonds is 8. The van der Waals surface area contributed by atoms with Crippen LogP contribution in [0.5, 0.6) is 0 Å². The Morgan fingerprint density at radius 3 is 2.60 bits per heavy atom. The summed E-state index contributed by atoms with van der Waals surface area (Å²) in [4.78, 5) is 16.4. The van der Waals surface area contributed by atoms with Crippen LogP contribution in [0.2, 0.25) is 0 Å². The Kier molecular flexibility index (Phi) is 6.78. The number of hydrogen-bond donors (Lipinski definition) is 1. The van der Waals surface area contributed by atoms with E-state index in [2.05, 4.69) is 20.5 Å². The molecule has 30 heavy (non-hydrogen) atoms. The lowest BCUT2D eigenvalue weighted by molar-refractivity contribution is -0.115. The molecule has 0 aliphatic carbocycles. The molecule has 0 saturated heterocycles. The molecule has 3 rings (SSSR count). The van der Waals surface area contributed by atoms with Crippen molar-refractivity contribution in [1.82, 2.24) is 19.7 Å². The summed E-state index contributed by atoms with van der Waals surface area (Å²) in [7, 11) is -1.78. The van der Waals surface area contributed by atoms with Crippen LogP contribution in [-0.4, -0.2) is 45.6 Å². The molecule has 0 spiro atoms. The van der Waals surface area contributed by atoms with Gasteiger partial charge in [0.15, 0.2) is 16.1 Å². The molecule has 2 aromatic heterocycles. The Hall–Kier alpha value is -2.44. The van der Waals surface area contributed by atoms with Crippen molar-refractivity contribution in [3.63, 3.8) is 0 Å². The molecule has 1 N–H and O–H groups in total. The van der Waals surface area contributed by atoms with Crippen LogP contribution in [0.4, 0.5) is 10.8 Å². The van der Waals surface area contributed by atoms with Gasteiger partial charge < -0.3 is 9.88 Å². The van der Waals surface area contributed by atoms with Crippen LogP contribution < -0.4 is 9.62 Å². The number of anilines is 2. The Morgan fingerprint density at radius 2 is 2.00 bits per heavy atom. The van der Waals surface area contributed by atoms with Gasteiger partial charge in [-0.25, -0.2) is 13.4 Å². The molecule has 1 atom stereocenters. The Labute approximate surface area is 183 Å². The highest BCUT2D eigenvalue weighted by Gasteiger charge is 2.23. The Bertz CT molecular complexity index is 1110. The Morgan fingerprint density at radius 1 is 1.30 bits per heavy atom. The smallest absolute Gasteiger partial charge is 0.239 e. The van der Waals surface area contributed by atoms with E-state index in [4.69, 9.17) is 0 Å². The molecule has 0 radical (unpaired) electrons. The summed E-state index contributed by atoms with van der Waals surface area (Å²) in [5.74, 6) is 0.271. The zero-order valence-corrected chi connectivity index (χ0v) is 19.4. The first kappa shape index (κ1) is 22.2. The maximum atomic E-state index is 12.4. The molecule has 1 amide bonds. The van der Waals surface area contributed by atoms with Crippen molar-refractivity contribution in [3.8, 4) is 0 Å². The fourth-order valence-corrected chi connectivity index (χ4v) is 4.75. The van der Waals surface area contributed by atoms with E-state index < -0.39 is 15.3 Å². The zero-order chi connectivity index (χ0) is 21.9. The fraction of sp³-hybridized carbons (Fsp3) is 0.333. The van der Waals surface area contributed by atoms with E-state index in [1.54, 1.807) is 42.2 Å². The van der Waals surface area contributed by atoms with E-state index in [9.17, 15) is 13.2 Å². The molecule has 1 aromatic carbocycles. The van der Waals surface area contributed by atoms with Crippen molar-refractivity contribution < 1.29 is 13.2 Å². The molecule has 0 unspecified atom stereocenters. The summed E-state index contributed by atoms with van der Waals surface area (Å²) in [6, 6.07) is 7.23. The number of benzene rings is 1. The van der Waals surface area contributed by atoms with Gasteiger partial charge in [-0.05, 0) is 26.0 Å². The molecule has 12 heteroatoms. The van der Waals surface area contributed by atoms with Crippen LogP contribution >= 0.6 is 23.1 Å². The van der Waals surface area contributed by atoms with E-state index in [1.165, 1.54) is 27.4 Å². The molecule has 160 valence electrons. The van der Waals surface area contributed by atoms with Gasteiger partial charge in [0.2, 0.25) is 15.9 Å². The second-order valence-corrected chi connectivity index (χ2v) is 10.8. The van der Waals surface area contributed by atoms with E-state index in [-0.39, 0.29) is 12.5 Å². The first-order chi connectivity index (χ1) is 14.1. The quantitative estimate of drug-likeness (QED) is 0.508. The SMILES string of the molecule is Cc1ccc(N(Cc2nnc(S[C@@H](C)C(=O)Nc3nccs3)n2C)S(C)(=O)=O)cc1. The third-order valence-corrected chi connectivity index (χ3v) is 7.21. The molecule has 2 heterocycles. The lowest BCUT2D eigenvalue weighted by atomic mass is 10.2. The summed E-state index contributed by atoms with van der Waals surface area (Å²) in [6.07, 6.45) is 2.78. The number of aryl methyl sites for hydroxylation is 1. The van der Waals surface area contributed by atoms with Crippen molar-refractivity contribution in [2.24, 2.45) is 7.05 Å². The van der Waals surface area contributed by atoms with Crippen LogP contribution in [0.25, 0.3) is 0 Å². The first-order valence-electron chi connectivity index (χ1n) is 8.95. The standard InChI is InChI=1S/C18H22N6O3S3/c1-12-5-7-14(8-6-12)24(30(4,26)27)11-15-21-22-18(23(15)3)29-13(2)16(25)20-17-19-9-10-28-17/h5-10,13H,11H2,1-4H3,(H,19,20,25)/t13-/m0/s1. The van der Waals surface area contributed by atoms with Crippen molar-refractivity contribution in [1.29, 1.82) is 0 Å². The number of amides is 1. The summed E-state index contributed by atoms with van der Waals surface area (Å²) < 4.78 is 27.7. The maximum Gasteiger partial charge on any atom is 0.239 e. The van der Waals surface area contributed by atoms with E-state index in [1.807, 2.05) is 19.1 Å². The van der Waals surface area contributed by atoms with Crippen LogP contribution in [0, 0.1) is 6.92 Å². The molecular formula is C18H22N6O3S3. The highest BCUT2D eigenvalue weighted by Crippen LogP contribution is 2.25. The summed E-state index contributed by atoms with van der Waals surface area (Å²) in [6.45, 7) is 3.73. The number of thiazole rings is 1. The van der Waals surface area contributed by atoms with Gasteiger partial charge in [-0.1, -0.05) is 29.5 Å². The van der Waals surface area contributed by atoms with E-state index >= 15 is 0 Å². The van der Waals surface area contributed by atoms with Crippen LogP contribution in [0.15, 0.2) is 41.0 Å². The van der Waals surface area contributed by atoms with Crippen LogP contribution in [0.1, 0.15) is 18.3 Å². The second kappa shape index (κ2) is 9.14. The van der Waals surface area contributed by atoms with Crippen LogP contribution in [-0.2, 0) is 28.4 Å². The highest BCUT2D eigenvalue weighted by atomic mass is 32.2. The van der Waals surface area contributed by atoms with Crippen molar-refractivity contribution in [2.45, 2.75) is 30.8 Å². The molecule has 0 aliphatic heterocycles. The van der Waals surface area contributed by atoms with Gasteiger partial charge in [0, 0.05) is 18.6 Å². The van der Waals surface area contributed by atoms with Crippen LogP contribution in [0.3, 0.4) is 0 Å². The predicted molar refractivity (Wildman–Crippen MR) is 119 cm³/mol. The number of nitrogens with zero attached hydrogens (tertiary/aromatic N) is 5. The predicted octanol–water partition coefficient (Wildman–Crippen LogP) is 2.67. The number of hydrogen-bond acceptors (Lipinski definition) is 8. The average molecular weight is 467 g/mol. The minimum atomic E-state index is -3.53. The number of aromatic nitrogens is 4. The van der Waals surface area contributed by atoms with E-state index in [0.717, 1.165) is 11.8 Å². The number of carbonyl (C=O) groups is 1. The number of nitrogens with one attached hydrogen (secondary N) is 1. The summed E-state index contributed by atoms with van der Waals surface area (Å²) in [5.41, 5.74) is 1.59. The van der Waals surface area contributed by atoms with Crippen molar-refractivity contribution in [3.05, 3.63) is 47.2 Å². The molecule has 0 saturated carbocycles. The molecule has 3 aromatic rings. The maximum absolute atomic E-state index is 12.4. The summed E-state index contributed by atoms with van der Waals surface area (Å²) >= 11 is 2.58. The minimum Gasteiger partial charge on any atom is -0.308 e. The van der Waals surface area contributed by atoms with Gasteiger partial charge in [-0.3, -0.25) is 9.10 Å². The van der Waals surface area contributed by atoms with Gasteiger partial charge in [0.1, 0.15) is 0 Å². The molecule has 0 fully saturated rings. The van der Waals surface area contributed by atoms with E-state index in [0.29, 0.717) is 21.8 Å². The molecule has 9 nitrogen and oxygen atoms in total. The van der Waals surface area contributed by atoms with Gasteiger partial charge in [-0.2, -0.15) is 0 Å². The highest BCUT2D eigenvalue weighted by molar-refractivity contribution is 8.00. The number of thioether (sulfide) groups is 1. The van der Waals surface area contributed by atoms with Crippen molar-refractivity contribution in [2.75, 3.05) is 15.9 Å². The molecular weight excluding hydrogens is 444 g/mol. The topological polar surface area (TPSA) is 110 Å². The average Bonchev–Trinajstić information content (AvgIpc) is 3.30. The number of carbonyl (C=O) groups excluding carboxylic acids is 1. The Balaban J connectivity index is 1.74. The number of sulfonamides is 1. The van der Waals surface area contributed by atoms with Gasteiger partial charge in [0.25, 0.3) is 0 Å². The minimum absolute atomic E-state index is 0.0334. The zero-order valence-electron chi connectivity index (χ0n) is 16.9. The van der Waals surface area contributed by atoms with Gasteiger partial charge in [-0.15, -0.1) is 21.5 Å². The second-order valence-electron chi connectivity index (χ2n) is 6.65. The molecule has 0 bridgehead atoms. The van der Waals surface area contributed by atoms with Gasteiger partial charge >= 0.3 is 0 Å².